The number of pyridine rings is 1. The Morgan fingerprint density at radius 1 is 1.22 bits per heavy atom. The molecule has 0 bridgehead atoms. The standard InChI is InChI=1S/C13H22N2O3/c1-16-9-10-17-7-4-8-18-13(11-14)12-5-2-3-6-15-12/h2-3,5-6,13H,4,7-11,14H2,1H3. The Bertz CT molecular complexity index is 296. The Morgan fingerprint density at radius 2 is 2.11 bits per heavy atom. The summed E-state index contributed by atoms with van der Waals surface area (Å²) in [5.74, 6) is 0. The molecule has 1 aromatic heterocycles. The summed E-state index contributed by atoms with van der Waals surface area (Å²) in [6, 6.07) is 5.73. The number of hydrogen-bond acceptors (Lipinski definition) is 5. The smallest absolute Gasteiger partial charge is 0.112 e. The van der Waals surface area contributed by atoms with Crippen molar-refractivity contribution in [2.45, 2.75) is 12.5 Å². The largest absolute Gasteiger partial charge is 0.382 e. The maximum absolute atomic E-state index is 5.69. The van der Waals surface area contributed by atoms with Crippen molar-refractivity contribution in [3.05, 3.63) is 30.1 Å². The van der Waals surface area contributed by atoms with Crippen molar-refractivity contribution >= 4 is 0 Å². The van der Waals surface area contributed by atoms with E-state index >= 15 is 0 Å². The molecule has 0 aliphatic heterocycles. The van der Waals surface area contributed by atoms with Crippen molar-refractivity contribution in [2.24, 2.45) is 5.73 Å². The Labute approximate surface area is 108 Å². The molecular formula is C13H22N2O3. The summed E-state index contributed by atoms with van der Waals surface area (Å²) < 4.78 is 15.9. The predicted molar refractivity (Wildman–Crippen MR) is 69.3 cm³/mol. The molecule has 0 saturated heterocycles. The van der Waals surface area contributed by atoms with Crippen LogP contribution in [0.5, 0.6) is 0 Å². The molecule has 18 heavy (non-hydrogen) atoms. The molecule has 0 radical (unpaired) electrons. The fourth-order valence-corrected chi connectivity index (χ4v) is 1.47. The molecule has 0 saturated carbocycles. The van der Waals surface area contributed by atoms with Crippen molar-refractivity contribution in [2.75, 3.05) is 40.1 Å². The number of nitrogens with zero attached hydrogens (tertiary/aromatic N) is 1. The molecule has 1 heterocycles. The minimum absolute atomic E-state index is 0.134. The second kappa shape index (κ2) is 9.96. The van der Waals surface area contributed by atoms with E-state index in [1.54, 1.807) is 13.3 Å². The molecule has 0 aliphatic rings. The fraction of sp³-hybridized carbons (Fsp3) is 0.615. The number of methoxy groups -OCH3 is 1. The molecule has 0 aliphatic carbocycles. The molecule has 2 N–H and O–H groups in total. The number of aromatic nitrogens is 1. The maximum atomic E-state index is 5.69. The summed E-state index contributed by atoms with van der Waals surface area (Å²) in [4.78, 5) is 4.24. The minimum atomic E-state index is -0.134. The van der Waals surface area contributed by atoms with Gasteiger partial charge in [-0.15, -0.1) is 0 Å². The quantitative estimate of drug-likeness (QED) is 0.634. The van der Waals surface area contributed by atoms with Gasteiger partial charge in [-0.3, -0.25) is 4.98 Å². The topological polar surface area (TPSA) is 66.6 Å². The highest BCUT2D eigenvalue weighted by atomic mass is 16.5. The van der Waals surface area contributed by atoms with Gasteiger partial charge in [0.05, 0.1) is 18.9 Å². The average molecular weight is 254 g/mol. The normalized spacial score (nSPS) is 12.6. The van der Waals surface area contributed by atoms with E-state index in [1.807, 2.05) is 18.2 Å². The van der Waals surface area contributed by atoms with E-state index in [0.29, 0.717) is 33.0 Å². The van der Waals surface area contributed by atoms with E-state index < -0.39 is 0 Å². The van der Waals surface area contributed by atoms with Gasteiger partial charge in [-0.2, -0.15) is 0 Å². The highest BCUT2D eigenvalue weighted by Gasteiger charge is 2.10. The van der Waals surface area contributed by atoms with E-state index in [9.17, 15) is 0 Å². The summed E-state index contributed by atoms with van der Waals surface area (Å²) in [7, 11) is 1.66. The van der Waals surface area contributed by atoms with E-state index in [-0.39, 0.29) is 6.10 Å². The van der Waals surface area contributed by atoms with Crippen LogP contribution in [0.3, 0.4) is 0 Å². The Morgan fingerprint density at radius 3 is 2.78 bits per heavy atom. The van der Waals surface area contributed by atoms with Crippen molar-refractivity contribution in [1.29, 1.82) is 0 Å². The Hall–Kier alpha value is -1.01. The zero-order valence-electron chi connectivity index (χ0n) is 10.9. The van der Waals surface area contributed by atoms with E-state index in [1.165, 1.54) is 0 Å². The SMILES string of the molecule is COCCOCCCOC(CN)c1ccccn1. The van der Waals surface area contributed by atoms with Crippen molar-refractivity contribution in [3.63, 3.8) is 0 Å². The van der Waals surface area contributed by atoms with Gasteiger partial charge in [0.25, 0.3) is 0 Å². The van der Waals surface area contributed by atoms with Crippen molar-refractivity contribution in [3.8, 4) is 0 Å². The molecule has 1 rings (SSSR count). The molecule has 0 fully saturated rings. The van der Waals surface area contributed by atoms with Crippen LogP contribution >= 0.6 is 0 Å². The van der Waals surface area contributed by atoms with Crippen LogP contribution in [0.15, 0.2) is 24.4 Å². The second-order valence-corrected chi connectivity index (χ2v) is 3.81. The third-order valence-electron chi connectivity index (χ3n) is 2.42. The van der Waals surface area contributed by atoms with Crippen LogP contribution in [-0.2, 0) is 14.2 Å². The molecule has 5 heteroatoms. The minimum Gasteiger partial charge on any atom is -0.382 e. The molecule has 0 spiro atoms. The van der Waals surface area contributed by atoms with Gasteiger partial charge in [0, 0.05) is 33.1 Å². The molecule has 5 nitrogen and oxygen atoms in total. The number of ether oxygens (including phenoxy) is 3. The van der Waals surface area contributed by atoms with Crippen LogP contribution in [0.1, 0.15) is 18.2 Å². The zero-order chi connectivity index (χ0) is 13.1. The highest BCUT2D eigenvalue weighted by molar-refractivity contribution is 5.07. The average Bonchev–Trinajstić information content (AvgIpc) is 2.43. The van der Waals surface area contributed by atoms with Crippen LogP contribution in [0.25, 0.3) is 0 Å². The number of rotatable bonds is 10. The summed E-state index contributed by atoms with van der Waals surface area (Å²) in [6.45, 7) is 2.97. The van der Waals surface area contributed by atoms with Crippen LogP contribution in [0, 0.1) is 0 Å². The second-order valence-electron chi connectivity index (χ2n) is 3.81. The van der Waals surface area contributed by atoms with Gasteiger partial charge in [0.2, 0.25) is 0 Å². The maximum Gasteiger partial charge on any atom is 0.112 e. The molecule has 1 unspecified atom stereocenters. The fourth-order valence-electron chi connectivity index (χ4n) is 1.47. The third-order valence-corrected chi connectivity index (χ3v) is 2.42. The Kier molecular flexibility index (Phi) is 8.33. The summed E-state index contributed by atoms with van der Waals surface area (Å²) >= 11 is 0. The lowest BCUT2D eigenvalue weighted by atomic mass is 10.2. The molecule has 0 aromatic carbocycles. The van der Waals surface area contributed by atoms with Crippen LogP contribution in [0.4, 0.5) is 0 Å². The van der Waals surface area contributed by atoms with Gasteiger partial charge in [-0.1, -0.05) is 6.07 Å². The lowest BCUT2D eigenvalue weighted by Crippen LogP contribution is -2.18. The van der Waals surface area contributed by atoms with E-state index in [4.69, 9.17) is 19.9 Å². The highest BCUT2D eigenvalue weighted by Crippen LogP contribution is 2.12. The first kappa shape index (κ1) is 15.0. The molecule has 1 aromatic rings. The van der Waals surface area contributed by atoms with Crippen LogP contribution in [-0.4, -0.2) is 45.1 Å². The predicted octanol–water partition coefficient (Wildman–Crippen LogP) is 1.15. The van der Waals surface area contributed by atoms with Gasteiger partial charge >= 0.3 is 0 Å². The summed E-state index contributed by atoms with van der Waals surface area (Å²) in [5.41, 5.74) is 6.55. The lowest BCUT2D eigenvalue weighted by Gasteiger charge is -2.15. The summed E-state index contributed by atoms with van der Waals surface area (Å²) in [6.07, 6.45) is 2.45. The van der Waals surface area contributed by atoms with Crippen LogP contribution in [0.2, 0.25) is 0 Å². The Balaban J connectivity index is 2.13. The van der Waals surface area contributed by atoms with Crippen molar-refractivity contribution < 1.29 is 14.2 Å². The van der Waals surface area contributed by atoms with E-state index in [0.717, 1.165) is 12.1 Å². The third kappa shape index (κ3) is 6.07. The van der Waals surface area contributed by atoms with Gasteiger partial charge in [-0.05, 0) is 18.6 Å². The lowest BCUT2D eigenvalue weighted by molar-refractivity contribution is 0.0246. The van der Waals surface area contributed by atoms with Gasteiger partial charge < -0.3 is 19.9 Å². The zero-order valence-corrected chi connectivity index (χ0v) is 10.9. The molecular weight excluding hydrogens is 232 g/mol. The summed E-state index contributed by atoms with van der Waals surface area (Å²) in [5, 5.41) is 0. The molecule has 1 atom stereocenters. The first-order valence-electron chi connectivity index (χ1n) is 6.17. The van der Waals surface area contributed by atoms with Gasteiger partial charge in [-0.25, -0.2) is 0 Å². The number of nitrogens with two attached hydrogens (primary N) is 1. The van der Waals surface area contributed by atoms with Gasteiger partial charge in [0.15, 0.2) is 0 Å². The van der Waals surface area contributed by atoms with E-state index in [2.05, 4.69) is 4.98 Å². The van der Waals surface area contributed by atoms with Gasteiger partial charge in [0.1, 0.15) is 6.10 Å². The first-order chi connectivity index (χ1) is 8.88. The molecule has 102 valence electrons. The van der Waals surface area contributed by atoms with Crippen LogP contribution < -0.4 is 5.73 Å². The molecule has 0 amide bonds. The monoisotopic (exact) mass is 254 g/mol. The van der Waals surface area contributed by atoms with Crippen molar-refractivity contribution in [1.82, 2.24) is 4.98 Å². The first-order valence-corrected chi connectivity index (χ1v) is 6.17. The number of hydrogen-bond donors (Lipinski definition) is 1.